The molecule has 0 radical (unpaired) electrons. The van der Waals surface area contributed by atoms with Crippen molar-refractivity contribution in [1.29, 1.82) is 0 Å². The number of thiocarbonyl (C=S) groups is 1. The maximum absolute atomic E-state index is 12.2. The highest BCUT2D eigenvalue weighted by molar-refractivity contribution is 7.80. The van der Waals surface area contributed by atoms with Crippen molar-refractivity contribution in [1.82, 2.24) is 0 Å². The second-order valence-corrected chi connectivity index (χ2v) is 6.33. The second-order valence-electron chi connectivity index (χ2n) is 5.92. The highest BCUT2D eigenvalue weighted by Gasteiger charge is 2.15. The van der Waals surface area contributed by atoms with Crippen LogP contribution in [-0.4, -0.2) is 44.5 Å². The Balaban J connectivity index is 2.26. The van der Waals surface area contributed by atoms with Crippen molar-refractivity contribution in [2.75, 3.05) is 38.1 Å². The first-order valence-electron chi connectivity index (χ1n) is 9.20. The maximum atomic E-state index is 12.2. The lowest BCUT2D eigenvalue weighted by molar-refractivity contribution is 0.0525. The van der Waals surface area contributed by atoms with Gasteiger partial charge in [0.25, 0.3) is 0 Å². The summed E-state index contributed by atoms with van der Waals surface area (Å²) in [6.07, 6.45) is 0. The van der Waals surface area contributed by atoms with Gasteiger partial charge in [0.05, 0.1) is 38.6 Å². The Morgan fingerprint density at radius 1 is 0.767 bits per heavy atom. The first-order valence-corrected chi connectivity index (χ1v) is 9.61. The van der Waals surface area contributed by atoms with Crippen LogP contribution in [0.1, 0.15) is 34.6 Å². The van der Waals surface area contributed by atoms with E-state index in [2.05, 4.69) is 10.6 Å². The fraction of sp³-hybridized carbons (Fsp3) is 0.286. The predicted molar refractivity (Wildman–Crippen MR) is 118 cm³/mol. The molecule has 9 heteroatoms. The number of ether oxygens (including phenoxy) is 4. The standard InChI is InChI=1S/C21H24N2O6S/c1-5-28-19(24)13-7-14(20(25)29-6-2)9-15(8-13)22-21(30)23-16-10-17(26-3)12-18(11-16)27-4/h7-12H,5-6H2,1-4H3,(H2,22,23,30). The monoisotopic (exact) mass is 432 g/mol. The van der Waals surface area contributed by atoms with E-state index in [9.17, 15) is 9.59 Å². The van der Waals surface area contributed by atoms with E-state index in [4.69, 9.17) is 31.2 Å². The van der Waals surface area contributed by atoms with Crippen molar-refractivity contribution < 1.29 is 28.5 Å². The molecule has 0 unspecified atom stereocenters. The number of anilines is 2. The van der Waals surface area contributed by atoms with Gasteiger partial charge in [-0.3, -0.25) is 0 Å². The van der Waals surface area contributed by atoms with Crippen molar-refractivity contribution in [2.24, 2.45) is 0 Å². The molecule has 0 fully saturated rings. The summed E-state index contributed by atoms with van der Waals surface area (Å²) in [5.74, 6) is 0.0772. The third kappa shape index (κ3) is 6.35. The number of hydrogen-bond acceptors (Lipinski definition) is 7. The smallest absolute Gasteiger partial charge is 0.338 e. The van der Waals surface area contributed by atoms with Crippen molar-refractivity contribution in [3.63, 3.8) is 0 Å². The molecule has 0 saturated heterocycles. The van der Waals surface area contributed by atoms with Gasteiger partial charge in [0.1, 0.15) is 11.5 Å². The molecule has 2 aromatic carbocycles. The Hall–Kier alpha value is -3.33. The molecule has 2 rings (SSSR count). The van der Waals surface area contributed by atoms with E-state index < -0.39 is 11.9 Å². The van der Waals surface area contributed by atoms with Crippen LogP contribution in [0.2, 0.25) is 0 Å². The SMILES string of the molecule is CCOC(=O)c1cc(NC(=S)Nc2cc(OC)cc(OC)c2)cc(C(=O)OCC)c1. The van der Waals surface area contributed by atoms with E-state index in [1.807, 2.05) is 0 Å². The third-order valence-corrected chi connectivity index (χ3v) is 4.03. The summed E-state index contributed by atoms with van der Waals surface area (Å²) in [5.41, 5.74) is 1.47. The topological polar surface area (TPSA) is 95.1 Å². The summed E-state index contributed by atoms with van der Waals surface area (Å²) in [5, 5.41) is 6.22. The van der Waals surface area contributed by atoms with Gasteiger partial charge in [-0.2, -0.15) is 0 Å². The molecule has 0 spiro atoms. The molecule has 2 aromatic rings. The van der Waals surface area contributed by atoms with Crippen LogP contribution in [0.3, 0.4) is 0 Å². The average molecular weight is 432 g/mol. The van der Waals surface area contributed by atoms with Gasteiger partial charge in [0.15, 0.2) is 5.11 Å². The van der Waals surface area contributed by atoms with Gasteiger partial charge in [-0.05, 0) is 44.3 Å². The Morgan fingerprint density at radius 3 is 1.60 bits per heavy atom. The zero-order valence-corrected chi connectivity index (χ0v) is 18.1. The molecule has 160 valence electrons. The molecular formula is C21H24N2O6S. The Morgan fingerprint density at radius 2 is 1.20 bits per heavy atom. The van der Waals surface area contributed by atoms with Gasteiger partial charge in [0.2, 0.25) is 0 Å². The normalized spacial score (nSPS) is 10.0. The number of methoxy groups -OCH3 is 2. The van der Waals surface area contributed by atoms with E-state index in [0.29, 0.717) is 22.9 Å². The zero-order valence-electron chi connectivity index (χ0n) is 17.2. The molecule has 0 aliphatic heterocycles. The number of carbonyl (C=O) groups is 2. The summed E-state index contributed by atoms with van der Waals surface area (Å²) in [4.78, 5) is 24.3. The van der Waals surface area contributed by atoms with Gasteiger partial charge < -0.3 is 29.6 Å². The van der Waals surface area contributed by atoms with Crippen LogP contribution in [0, 0.1) is 0 Å². The number of esters is 2. The lowest BCUT2D eigenvalue weighted by Gasteiger charge is -2.14. The van der Waals surface area contributed by atoms with E-state index >= 15 is 0 Å². The molecule has 0 saturated carbocycles. The Bertz CT molecular complexity index is 873. The molecule has 0 amide bonds. The maximum Gasteiger partial charge on any atom is 0.338 e. The van der Waals surface area contributed by atoms with Crippen LogP contribution in [0.5, 0.6) is 11.5 Å². The van der Waals surface area contributed by atoms with Crippen molar-refractivity contribution in [2.45, 2.75) is 13.8 Å². The minimum Gasteiger partial charge on any atom is -0.497 e. The largest absolute Gasteiger partial charge is 0.497 e. The summed E-state index contributed by atoms with van der Waals surface area (Å²) < 4.78 is 20.6. The third-order valence-electron chi connectivity index (χ3n) is 3.82. The average Bonchev–Trinajstić information content (AvgIpc) is 2.73. The van der Waals surface area contributed by atoms with Crippen molar-refractivity contribution >= 4 is 40.6 Å². The van der Waals surface area contributed by atoms with E-state index in [1.165, 1.54) is 6.07 Å². The first-order chi connectivity index (χ1) is 14.4. The van der Waals surface area contributed by atoms with Gasteiger partial charge in [-0.25, -0.2) is 9.59 Å². The summed E-state index contributed by atoms with van der Waals surface area (Å²) in [6, 6.07) is 9.73. The summed E-state index contributed by atoms with van der Waals surface area (Å²) in [6.45, 7) is 3.83. The number of hydrogen-bond donors (Lipinski definition) is 2. The van der Waals surface area contributed by atoms with Gasteiger partial charge in [-0.1, -0.05) is 0 Å². The number of benzene rings is 2. The molecular weight excluding hydrogens is 408 g/mol. The quantitative estimate of drug-likeness (QED) is 0.476. The van der Waals surface area contributed by atoms with Crippen LogP contribution in [0.15, 0.2) is 36.4 Å². The number of carbonyl (C=O) groups excluding carboxylic acids is 2. The fourth-order valence-electron chi connectivity index (χ4n) is 2.54. The summed E-state index contributed by atoms with van der Waals surface area (Å²) in [7, 11) is 3.10. The lowest BCUT2D eigenvalue weighted by Crippen LogP contribution is -2.20. The molecule has 0 aromatic heterocycles. The van der Waals surface area contributed by atoms with Crippen LogP contribution in [0.4, 0.5) is 11.4 Å². The molecule has 0 aliphatic carbocycles. The van der Waals surface area contributed by atoms with Crippen molar-refractivity contribution in [3.8, 4) is 11.5 Å². The highest BCUT2D eigenvalue weighted by Crippen LogP contribution is 2.26. The van der Waals surface area contributed by atoms with Crippen LogP contribution >= 0.6 is 12.2 Å². The minimum atomic E-state index is -0.553. The molecule has 8 nitrogen and oxygen atoms in total. The number of rotatable bonds is 8. The highest BCUT2D eigenvalue weighted by atomic mass is 32.1. The Labute approximate surface area is 180 Å². The van der Waals surface area contributed by atoms with Gasteiger partial charge >= 0.3 is 11.9 Å². The summed E-state index contributed by atoms with van der Waals surface area (Å²) >= 11 is 5.36. The van der Waals surface area contributed by atoms with Gasteiger partial charge in [-0.15, -0.1) is 0 Å². The lowest BCUT2D eigenvalue weighted by atomic mass is 10.1. The second kappa shape index (κ2) is 11.0. The number of nitrogens with one attached hydrogen (secondary N) is 2. The molecule has 2 N–H and O–H groups in total. The molecule has 0 bridgehead atoms. The molecule has 0 heterocycles. The Kier molecular flexibility index (Phi) is 8.42. The fourth-order valence-corrected chi connectivity index (χ4v) is 2.77. The predicted octanol–water partition coefficient (Wildman–Crippen LogP) is 3.87. The minimum absolute atomic E-state index is 0.204. The molecule has 0 atom stereocenters. The molecule has 0 aliphatic rings. The zero-order chi connectivity index (χ0) is 22.1. The van der Waals surface area contributed by atoms with E-state index in [-0.39, 0.29) is 29.5 Å². The van der Waals surface area contributed by atoms with Crippen LogP contribution in [-0.2, 0) is 9.47 Å². The van der Waals surface area contributed by atoms with Crippen molar-refractivity contribution in [3.05, 3.63) is 47.5 Å². The van der Waals surface area contributed by atoms with Crippen LogP contribution in [0.25, 0.3) is 0 Å². The van der Waals surface area contributed by atoms with E-state index in [0.717, 1.165) is 0 Å². The molecule has 30 heavy (non-hydrogen) atoms. The first kappa shape index (κ1) is 23.0. The van der Waals surface area contributed by atoms with Gasteiger partial charge in [0, 0.05) is 29.6 Å². The van der Waals surface area contributed by atoms with E-state index in [1.54, 1.807) is 58.4 Å². The van der Waals surface area contributed by atoms with Crippen LogP contribution < -0.4 is 20.1 Å².